The van der Waals surface area contributed by atoms with Crippen molar-refractivity contribution in [1.29, 1.82) is 0 Å². The minimum Gasteiger partial charge on any atom is -0.381 e. The van der Waals surface area contributed by atoms with Crippen LogP contribution >= 0.6 is 11.6 Å². The molecule has 2 rings (SSSR count). The Bertz CT molecular complexity index is 351. The molecule has 0 aromatic heterocycles. The molecule has 15 heavy (non-hydrogen) atoms. The van der Waals surface area contributed by atoms with Gasteiger partial charge in [0.2, 0.25) is 0 Å². The predicted octanol–water partition coefficient (Wildman–Crippen LogP) is 2.94. The van der Waals surface area contributed by atoms with Crippen LogP contribution in [0.1, 0.15) is 24.8 Å². The van der Waals surface area contributed by atoms with E-state index in [9.17, 15) is 0 Å². The zero-order valence-electron chi connectivity index (χ0n) is 8.96. The fraction of sp³-hybridized carbons (Fsp3) is 0.500. The summed E-state index contributed by atoms with van der Waals surface area (Å²) < 4.78 is 0. The summed E-state index contributed by atoms with van der Waals surface area (Å²) in [5.41, 5.74) is 8.35. The molecule has 2 atom stereocenters. The highest BCUT2D eigenvalue weighted by molar-refractivity contribution is 6.30. The third kappa shape index (κ3) is 2.44. The molecule has 0 amide bonds. The monoisotopic (exact) mass is 224 g/mol. The van der Waals surface area contributed by atoms with Crippen molar-refractivity contribution in [3.05, 3.63) is 28.8 Å². The van der Waals surface area contributed by atoms with Gasteiger partial charge in [0, 0.05) is 22.8 Å². The normalized spacial score (nSPS) is 25.5. The topological polar surface area (TPSA) is 38.0 Å². The summed E-state index contributed by atoms with van der Waals surface area (Å²) in [6.07, 6.45) is 3.53. The van der Waals surface area contributed by atoms with Gasteiger partial charge < -0.3 is 11.1 Å². The molecule has 0 aliphatic heterocycles. The van der Waals surface area contributed by atoms with Crippen molar-refractivity contribution in [2.75, 3.05) is 5.32 Å². The molecule has 82 valence electrons. The molecule has 3 heteroatoms. The highest BCUT2D eigenvalue weighted by Gasteiger charge is 2.23. The molecule has 0 bridgehead atoms. The second kappa shape index (κ2) is 4.42. The number of rotatable bonds is 2. The lowest BCUT2D eigenvalue weighted by Gasteiger charge is -2.20. The first-order chi connectivity index (χ1) is 7.16. The molecule has 1 saturated carbocycles. The number of benzene rings is 1. The quantitative estimate of drug-likeness (QED) is 0.811. The van der Waals surface area contributed by atoms with Gasteiger partial charge in [-0.15, -0.1) is 0 Å². The van der Waals surface area contributed by atoms with Crippen LogP contribution in [0.3, 0.4) is 0 Å². The van der Waals surface area contributed by atoms with E-state index in [1.807, 2.05) is 18.2 Å². The van der Waals surface area contributed by atoms with E-state index in [0.29, 0.717) is 12.1 Å². The number of halogens is 1. The van der Waals surface area contributed by atoms with Gasteiger partial charge in [0.15, 0.2) is 0 Å². The Morgan fingerprint density at radius 3 is 2.80 bits per heavy atom. The van der Waals surface area contributed by atoms with Crippen molar-refractivity contribution in [2.24, 2.45) is 5.73 Å². The summed E-state index contributed by atoms with van der Waals surface area (Å²) in [6, 6.07) is 6.63. The minimum absolute atomic E-state index is 0.292. The summed E-state index contributed by atoms with van der Waals surface area (Å²) in [5.74, 6) is 0. The molecule has 0 heterocycles. The predicted molar refractivity (Wildman–Crippen MR) is 65.4 cm³/mol. The van der Waals surface area contributed by atoms with Crippen LogP contribution in [-0.2, 0) is 0 Å². The number of aryl methyl sites for hydroxylation is 1. The molecule has 0 radical (unpaired) electrons. The van der Waals surface area contributed by atoms with Crippen LogP contribution in [0.25, 0.3) is 0 Å². The third-order valence-corrected chi connectivity index (χ3v) is 3.33. The second-order valence-electron chi connectivity index (χ2n) is 4.30. The van der Waals surface area contributed by atoms with E-state index in [2.05, 4.69) is 12.2 Å². The molecule has 0 spiro atoms. The summed E-state index contributed by atoms with van der Waals surface area (Å²) in [5, 5.41) is 4.29. The van der Waals surface area contributed by atoms with Crippen LogP contribution in [0.2, 0.25) is 5.02 Å². The average molecular weight is 225 g/mol. The minimum atomic E-state index is 0.292. The van der Waals surface area contributed by atoms with Crippen molar-refractivity contribution >= 4 is 17.3 Å². The molecule has 0 saturated heterocycles. The highest BCUT2D eigenvalue weighted by atomic mass is 35.5. The smallest absolute Gasteiger partial charge is 0.0412 e. The number of nitrogens with one attached hydrogen (secondary N) is 1. The van der Waals surface area contributed by atoms with Crippen LogP contribution in [0.5, 0.6) is 0 Å². The summed E-state index contributed by atoms with van der Waals surface area (Å²) >= 11 is 5.91. The van der Waals surface area contributed by atoms with Gasteiger partial charge in [-0.2, -0.15) is 0 Å². The lowest BCUT2D eigenvalue weighted by atomic mass is 10.1. The Balaban J connectivity index is 2.10. The van der Waals surface area contributed by atoms with Crippen molar-refractivity contribution < 1.29 is 0 Å². The van der Waals surface area contributed by atoms with Gasteiger partial charge in [-0.1, -0.05) is 11.6 Å². The molecule has 1 fully saturated rings. The Morgan fingerprint density at radius 2 is 2.20 bits per heavy atom. The first-order valence-electron chi connectivity index (χ1n) is 5.45. The van der Waals surface area contributed by atoms with Crippen molar-refractivity contribution in [3.63, 3.8) is 0 Å². The average Bonchev–Trinajstić information content (AvgIpc) is 2.57. The largest absolute Gasteiger partial charge is 0.381 e. The van der Waals surface area contributed by atoms with E-state index < -0.39 is 0 Å². The van der Waals surface area contributed by atoms with Crippen molar-refractivity contribution in [3.8, 4) is 0 Å². The molecule has 1 aliphatic carbocycles. The van der Waals surface area contributed by atoms with Crippen LogP contribution < -0.4 is 11.1 Å². The summed E-state index contributed by atoms with van der Waals surface area (Å²) in [6.45, 7) is 2.06. The van der Waals surface area contributed by atoms with Gasteiger partial charge in [0.25, 0.3) is 0 Å². The van der Waals surface area contributed by atoms with Gasteiger partial charge >= 0.3 is 0 Å². The van der Waals surface area contributed by atoms with Crippen molar-refractivity contribution in [1.82, 2.24) is 0 Å². The first-order valence-corrected chi connectivity index (χ1v) is 5.83. The lowest BCUT2D eigenvalue weighted by molar-refractivity contribution is 0.637. The van der Waals surface area contributed by atoms with E-state index in [-0.39, 0.29) is 0 Å². The van der Waals surface area contributed by atoms with Gasteiger partial charge in [-0.3, -0.25) is 0 Å². The maximum absolute atomic E-state index is 6.02. The number of hydrogen-bond acceptors (Lipinski definition) is 2. The fourth-order valence-electron chi connectivity index (χ4n) is 2.16. The van der Waals surface area contributed by atoms with Gasteiger partial charge in [0.05, 0.1) is 0 Å². The van der Waals surface area contributed by atoms with Gasteiger partial charge in [0.1, 0.15) is 0 Å². The molecule has 2 unspecified atom stereocenters. The van der Waals surface area contributed by atoms with Crippen LogP contribution in [-0.4, -0.2) is 12.1 Å². The Morgan fingerprint density at radius 1 is 1.40 bits per heavy atom. The Hall–Kier alpha value is -0.730. The third-order valence-electron chi connectivity index (χ3n) is 3.10. The lowest BCUT2D eigenvalue weighted by Crippen LogP contribution is -2.35. The fourth-order valence-corrected chi connectivity index (χ4v) is 2.38. The zero-order valence-corrected chi connectivity index (χ0v) is 9.72. The summed E-state index contributed by atoms with van der Waals surface area (Å²) in [7, 11) is 0. The molecule has 2 nitrogen and oxygen atoms in total. The number of hydrogen-bond donors (Lipinski definition) is 2. The van der Waals surface area contributed by atoms with Crippen LogP contribution in [0.15, 0.2) is 18.2 Å². The standard InChI is InChI=1S/C12H17ClN2/c1-8-7-9(13)5-6-11(8)15-12-4-2-3-10(12)14/h5-7,10,12,15H,2-4,14H2,1H3. The van der Waals surface area contributed by atoms with Gasteiger partial charge in [-0.25, -0.2) is 0 Å². The molecule has 1 aromatic carbocycles. The van der Waals surface area contributed by atoms with E-state index in [1.54, 1.807) is 0 Å². The maximum Gasteiger partial charge on any atom is 0.0412 e. The molecule has 3 N–H and O–H groups in total. The number of anilines is 1. The van der Waals surface area contributed by atoms with Crippen molar-refractivity contribution in [2.45, 2.75) is 38.3 Å². The highest BCUT2D eigenvalue weighted by Crippen LogP contribution is 2.25. The molecule has 1 aromatic rings. The summed E-state index contributed by atoms with van der Waals surface area (Å²) in [4.78, 5) is 0. The first kappa shape index (κ1) is 10.8. The maximum atomic E-state index is 6.02. The Labute approximate surface area is 95.8 Å². The van der Waals surface area contributed by atoms with E-state index in [0.717, 1.165) is 17.1 Å². The zero-order chi connectivity index (χ0) is 10.8. The molecular formula is C12H17ClN2. The SMILES string of the molecule is Cc1cc(Cl)ccc1NC1CCCC1N. The second-order valence-corrected chi connectivity index (χ2v) is 4.74. The van der Waals surface area contributed by atoms with E-state index in [1.165, 1.54) is 18.4 Å². The Kier molecular flexibility index (Phi) is 3.17. The van der Waals surface area contributed by atoms with Crippen LogP contribution in [0.4, 0.5) is 5.69 Å². The number of nitrogens with two attached hydrogens (primary N) is 1. The van der Waals surface area contributed by atoms with E-state index >= 15 is 0 Å². The molecular weight excluding hydrogens is 208 g/mol. The van der Waals surface area contributed by atoms with Crippen LogP contribution in [0, 0.1) is 6.92 Å². The molecule has 1 aliphatic rings. The van der Waals surface area contributed by atoms with Gasteiger partial charge in [-0.05, 0) is 49.9 Å². The van der Waals surface area contributed by atoms with E-state index in [4.69, 9.17) is 17.3 Å².